The number of fused-ring (bicyclic) bond motifs is 4. The molecule has 0 unspecified atom stereocenters. The summed E-state index contributed by atoms with van der Waals surface area (Å²) in [6.07, 6.45) is 0. The molecule has 23 heavy (non-hydrogen) atoms. The normalized spacial score (nSPS) is 11.3. The molecule has 0 bridgehead atoms. The quantitative estimate of drug-likeness (QED) is 0.414. The Morgan fingerprint density at radius 2 is 1.83 bits per heavy atom. The van der Waals surface area contributed by atoms with E-state index in [4.69, 9.17) is 4.42 Å². The molecule has 1 aliphatic carbocycles. The molecule has 2 aromatic carbocycles. The summed E-state index contributed by atoms with van der Waals surface area (Å²) in [7, 11) is 0. The zero-order valence-corrected chi connectivity index (χ0v) is 11.6. The van der Waals surface area contributed by atoms with Gasteiger partial charge in [0.25, 0.3) is 0 Å². The Morgan fingerprint density at radius 3 is 2.57 bits per heavy atom. The van der Waals surface area contributed by atoms with Crippen LogP contribution in [0.5, 0.6) is 5.75 Å². The first-order chi connectivity index (χ1) is 11.1. The monoisotopic (exact) mass is 307 g/mol. The van der Waals surface area contributed by atoms with Gasteiger partial charge in [-0.25, -0.2) is 9.78 Å². The lowest BCUT2D eigenvalue weighted by Crippen LogP contribution is -2.05. The van der Waals surface area contributed by atoms with Crippen LogP contribution >= 0.6 is 0 Å². The van der Waals surface area contributed by atoms with Crippen molar-refractivity contribution >= 4 is 27.8 Å². The average molecular weight is 307 g/mol. The van der Waals surface area contributed by atoms with Gasteiger partial charge < -0.3 is 14.6 Å². The van der Waals surface area contributed by atoms with Crippen molar-refractivity contribution in [1.29, 1.82) is 0 Å². The predicted octanol–water partition coefficient (Wildman–Crippen LogP) is 2.85. The fourth-order valence-electron chi connectivity index (χ4n) is 2.69. The molecule has 0 saturated heterocycles. The lowest BCUT2D eigenvalue weighted by molar-refractivity contribution is 0.0694. The first kappa shape index (κ1) is 13.3. The van der Waals surface area contributed by atoms with E-state index in [2.05, 4.69) is 4.98 Å². The van der Waals surface area contributed by atoms with Gasteiger partial charge in [-0.1, -0.05) is 24.3 Å². The van der Waals surface area contributed by atoms with Gasteiger partial charge in [0, 0.05) is 16.8 Å². The number of carbonyl (C=O) groups is 1. The van der Waals surface area contributed by atoms with Crippen molar-refractivity contribution in [2.24, 2.45) is 0 Å². The molecule has 0 amide bonds. The number of carboxylic acids is 1. The number of carboxylic acid groups (broad SMARTS) is 1. The maximum absolute atomic E-state index is 12.2. The van der Waals surface area contributed by atoms with Gasteiger partial charge in [0.15, 0.2) is 16.8 Å². The van der Waals surface area contributed by atoms with Gasteiger partial charge in [0.2, 0.25) is 0 Å². The van der Waals surface area contributed by atoms with Crippen molar-refractivity contribution in [3.05, 3.63) is 58.3 Å². The molecular weight excluding hydrogens is 298 g/mol. The summed E-state index contributed by atoms with van der Waals surface area (Å²) >= 11 is 0. The Balaban J connectivity index is 2.24. The van der Waals surface area contributed by atoms with Gasteiger partial charge in [-0.05, 0) is 12.1 Å². The number of hydrogen-bond donors (Lipinski definition) is 2. The lowest BCUT2D eigenvalue weighted by atomic mass is 10.0. The molecule has 0 radical (unpaired) electrons. The van der Waals surface area contributed by atoms with Crippen molar-refractivity contribution < 1.29 is 19.4 Å². The smallest absolute Gasteiger partial charge is 0.343 e. The molecular formula is C17H9NO5. The topological polar surface area (TPSA) is 101 Å². The van der Waals surface area contributed by atoms with Gasteiger partial charge >= 0.3 is 5.97 Å². The number of aromatic carboxylic acids is 1. The molecule has 0 spiro atoms. The van der Waals surface area contributed by atoms with Crippen LogP contribution in [0.4, 0.5) is 0 Å². The highest BCUT2D eigenvalue weighted by molar-refractivity contribution is 6.04. The molecule has 0 fully saturated rings. The second-order valence-corrected chi connectivity index (χ2v) is 5.09. The van der Waals surface area contributed by atoms with Crippen molar-refractivity contribution in [3.63, 3.8) is 0 Å². The summed E-state index contributed by atoms with van der Waals surface area (Å²) in [6.45, 7) is 0. The van der Waals surface area contributed by atoms with E-state index in [1.807, 2.05) is 0 Å². The maximum atomic E-state index is 12.2. The van der Waals surface area contributed by atoms with Crippen LogP contribution in [0.25, 0.3) is 33.3 Å². The Morgan fingerprint density at radius 1 is 1.09 bits per heavy atom. The average Bonchev–Trinajstić information content (AvgIpc) is 2.53. The van der Waals surface area contributed by atoms with E-state index in [1.54, 1.807) is 24.3 Å². The van der Waals surface area contributed by atoms with Gasteiger partial charge in [-0.3, -0.25) is 4.79 Å². The highest BCUT2D eigenvalue weighted by atomic mass is 16.4. The van der Waals surface area contributed by atoms with E-state index in [0.29, 0.717) is 16.5 Å². The standard InChI is InChI=1S/C17H9NO5/c19-11-6-5-10-16(14(11)17(21)22)23-13-7-12(20)8-3-1-2-4-9(8)15(13)18-10/h1-7,19H,(H,21,22). The molecule has 2 aliphatic rings. The molecule has 0 saturated carbocycles. The zero-order valence-electron chi connectivity index (χ0n) is 11.6. The molecule has 2 aromatic rings. The minimum atomic E-state index is -1.33. The van der Waals surface area contributed by atoms with Crippen LogP contribution in [0.1, 0.15) is 10.4 Å². The molecule has 1 aliphatic heterocycles. The number of aromatic nitrogens is 1. The SMILES string of the molecule is O=C(O)c1c(O)ccc2nc3c4ccccc4c(=O)cc-3oc12. The van der Waals surface area contributed by atoms with E-state index >= 15 is 0 Å². The van der Waals surface area contributed by atoms with Gasteiger partial charge in [0.05, 0.1) is 0 Å². The Hall–Kier alpha value is -3.41. The molecule has 112 valence electrons. The van der Waals surface area contributed by atoms with E-state index < -0.39 is 11.7 Å². The van der Waals surface area contributed by atoms with E-state index in [-0.39, 0.29) is 27.9 Å². The molecule has 6 nitrogen and oxygen atoms in total. The predicted molar refractivity (Wildman–Crippen MR) is 83.0 cm³/mol. The largest absolute Gasteiger partial charge is 0.507 e. The van der Waals surface area contributed by atoms with E-state index in [0.717, 1.165) is 0 Å². The summed E-state index contributed by atoms with van der Waals surface area (Å²) in [6, 6.07) is 11.0. The van der Waals surface area contributed by atoms with Gasteiger partial charge in [-0.2, -0.15) is 0 Å². The van der Waals surface area contributed by atoms with Gasteiger partial charge in [0.1, 0.15) is 22.5 Å². The fourth-order valence-corrected chi connectivity index (χ4v) is 2.69. The lowest BCUT2D eigenvalue weighted by Gasteiger charge is -2.11. The Labute approximate surface area is 128 Å². The third kappa shape index (κ3) is 1.85. The second-order valence-electron chi connectivity index (χ2n) is 5.09. The van der Waals surface area contributed by atoms with Gasteiger partial charge in [-0.15, -0.1) is 0 Å². The number of nitrogens with zero attached hydrogens (tertiary/aromatic N) is 1. The number of hydrogen-bond acceptors (Lipinski definition) is 5. The number of benzene rings is 3. The third-order valence-electron chi connectivity index (χ3n) is 3.72. The van der Waals surface area contributed by atoms with Crippen molar-refractivity contribution in [3.8, 4) is 17.2 Å². The van der Waals surface area contributed by atoms with Crippen molar-refractivity contribution in [2.45, 2.75) is 0 Å². The second kappa shape index (κ2) is 4.54. The fraction of sp³-hybridized carbons (Fsp3) is 0. The third-order valence-corrected chi connectivity index (χ3v) is 3.72. The number of phenols is 1. The zero-order chi connectivity index (χ0) is 16.1. The highest BCUT2D eigenvalue weighted by Crippen LogP contribution is 2.33. The van der Waals surface area contributed by atoms with Crippen LogP contribution in [-0.2, 0) is 0 Å². The van der Waals surface area contributed by atoms with Crippen LogP contribution in [0, 0.1) is 0 Å². The van der Waals surface area contributed by atoms with E-state index in [1.165, 1.54) is 18.2 Å². The number of rotatable bonds is 1. The molecule has 0 aromatic heterocycles. The molecule has 6 heteroatoms. The van der Waals surface area contributed by atoms with Crippen LogP contribution in [-0.4, -0.2) is 21.2 Å². The molecule has 0 atom stereocenters. The first-order valence-electron chi connectivity index (χ1n) is 6.78. The Bertz CT molecular complexity index is 1130. The first-order valence-corrected chi connectivity index (χ1v) is 6.78. The van der Waals surface area contributed by atoms with Crippen LogP contribution in [0.3, 0.4) is 0 Å². The summed E-state index contributed by atoms with van der Waals surface area (Å²) in [4.78, 5) is 27.9. The minimum absolute atomic E-state index is 0.0697. The van der Waals surface area contributed by atoms with Crippen LogP contribution in [0.15, 0.2) is 51.7 Å². The summed E-state index contributed by atoms with van der Waals surface area (Å²) < 4.78 is 5.61. The summed E-state index contributed by atoms with van der Waals surface area (Å²) in [5.74, 6) is -1.58. The Kier molecular flexibility index (Phi) is 2.62. The van der Waals surface area contributed by atoms with Crippen molar-refractivity contribution in [1.82, 2.24) is 4.98 Å². The summed E-state index contributed by atoms with van der Waals surface area (Å²) in [5, 5.41) is 20.1. The molecule has 2 N–H and O–H groups in total. The number of aromatic hydroxyl groups is 1. The molecule has 4 rings (SSSR count). The van der Waals surface area contributed by atoms with Crippen LogP contribution < -0.4 is 5.43 Å². The highest BCUT2D eigenvalue weighted by Gasteiger charge is 2.21. The summed E-state index contributed by atoms with van der Waals surface area (Å²) in [5.41, 5.74) is 0.0680. The van der Waals surface area contributed by atoms with Crippen molar-refractivity contribution in [2.75, 3.05) is 0 Å². The minimum Gasteiger partial charge on any atom is -0.507 e. The van der Waals surface area contributed by atoms with Crippen LogP contribution in [0.2, 0.25) is 0 Å². The maximum Gasteiger partial charge on any atom is 0.343 e. The molecule has 1 heterocycles. The van der Waals surface area contributed by atoms with E-state index in [9.17, 15) is 19.8 Å².